The summed E-state index contributed by atoms with van der Waals surface area (Å²) in [4.78, 5) is -0.273. The molecule has 2 rings (SSSR count). The Bertz CT molecular complexity index is 583. The molecule has 1 aromatic carbocycles. The van der Waals surface area contributed by atoms with Gasteiger partial charge in [-0.05, 0) is 50.4 Å². The molecule has 0 aromatic heterocycles. The van der Waals surface area contributed by atoms with Gasteiger partial charge in [-0.2, -0.15) is 0 Å². The predicted molar refractivity (Wildman–Crippen MR) is 76.4 cm³/mol. The second kappa shape index (κ2) is 5.79. The molecule has 1 saturated carbocycles. The van der Waals surface area contributed by atoms with Crippen LogP contribution in [0, 0.1) is 5.82 Å². The van der Waals surface area contributed by atoms with Crippen LogP contribution in [0.4, 0.5) is 4.39 Å². The summed E-state index contributed by atoms with van der Waals surface area (Å²) in [7, 11) is -3.77. The van der Waals surface area contributed by atoms with Gasteiger partial charge in [0.2, 0.25) is 10.0 Å². The van der Waals surface area contributed by atoms with Crippen molar-refractivity contribution in [2.75, 3.05) is 6.54 Å². The zero-order valence-electron chi connectivity index (χ0n) is 11.9. The average Bonchev–Trinajstić information content (AvgIpc) is 3.05. The van der Waals surface area contributed by atoms with Gasteiger partial charge in [0, 0.05) is 12.1 Å². The van der Waals surface area contributed by atoms with Gasteiger partial charge in [-0.3, -0.25) is 0 Å². The van der Waals surface area contributed by atoms with Gasteiger partial charge in [0.05, 0.1) is 0 Å². The Kier molecular flexibility index (Phi) is 4.46. The fourth-order valence-corrected chi connectivity index (χ4v) is 3.48. The molecule has 20 heavy (non-hydrogen) atoms. The molecule has 1 aromatic rings. The van der Waals surface area contributed by atoms with Crippen molar-refractivity contribution in [1.82, 2.24) is 10.0 Å². The van der Waals surface area contributed by atoms with Crippen LogP contribution in [0.1, 0.15) is 38.7 Å². The number of hydrogen-bond acceptors (Lipinski definition) is 3. The molecule has 112 valence electrons. The minimum atomic E-state index is -3.77. The maximum Gasteiger partial charge on any atom is 0.243 e. The van der Waals surface area contributed by atoms with E-state index in [1.165, 1.54) is 12.1 Å². The van der Waals surface area contributed by atoms with Crippen LogP contribution < -0.4 is 10.0 Å². The zero-order valence-corrected chi connectivity index (χ0v) is 12.7. The number of nitrogens with one attached hydrogen (secondary N) is 2. The summed E-state index contributed by atoms with van der Waals surface area (Å²) in [5, 5.41) is 3.15. The van der Waals surface area contributed by atoms with Gasteiger partial charge in [-0.25, -0.2) is 17.5 Å². The minimum absolute atomic E-state index is 0.273. The molecular formula is C14H21FN2O2S. The smallest absolute Gasteiger partial charge is 0.243 e. The molecule has 0 amide bonds. The van der Waals surface area contributed by atoms with E-state index >= 15 is 0 Å². The van der Waals surface area contributed by atoms with Gasteiger partial charge in [-0.1, -0.05) is 13.0 Å². The normalized spacial score (nSPS) is 17.1. The fourth-order valence-electron chi connectivity index (χ4n) is 1.95. The predicted octanol–water partition coefficient (Wildman–Crippen LogP) is 2.16. The van der Waals surface area contributed by atoms with Crippen molar-refractivity contribution in [2.45, 2.75) is 50.1 Å². The van der Waals surface area contributed by atoms with Crippen molar-refractivity contribution < 1.29 is 12.8 Å². The Morgan fingerprint density at radius 2 is 2.05 bits per heavy atom. The first-order chi connectivity index (χ1) is 9.36. The van der Waals surface area contributed by atoms with E-state index in [-0.39, 0.29) is 4.90 Å². The van der Waals surface area contributed by atoms with Gasteiger partial charge < -0.3 is 5.32 Å². The van der Waals surface area contributed by atoms with Crippen LogP contribution in [-0.2, 0) is 16.6 Å². The highest BCUT2D eigenvalue weighted by atomic mass is 32.2. The summed E-state index contributed by atoms with van der Waals surface area (Å²) < 4.78 is 40.8. The lowest BCUT2D eigenvalue weighted by Crippen LogP contribution is -2.34. The molecule has 0 saturated heterocycles. The van der Waals surface area contributed by atoms with Crippen LogP contribution in [0.25, 0.3) is 0 Å². The van der Waals surface area contributed by atoms with Crippen molar-refractivity contribution in [3.05, 3.63) is 29.6 Å². The van der Waals surface area contributed by atoms with Crippen LogP contribution in [-0.4, -0.2) is 20.5 Å². The number of benzene rings is 1. The number of halogens is 1. The standard InChI is InChI=1S/C14H21FN2O2S/c1-3-8-16-10-11-4-5-13(12(15)9-11)20(18,19)17-14(2)6-7-14/h4-5,9,16-17H,3,6-8,10H2,1-2H3. The SMILES string of the molecule is CCCNCc1ccc(S(=O)(=O)NC2(C)CC2)c(F)c1. The second-order valence-electron chi connectivity index (χ2n) is 5.61. The molecule has 1 aliphatic carbocycles. The van der Waals surface area contributed by atoms with Crippen LogP contribution in [0.3, 0.4) is 0 Å². The summed E-state index contributed by atoms with van der Waals surface area (Å²) in [5.74, 6) is -0.697. The Labute approximate surface area is 119 Å². The quantitative estimate of drug-likeness (QED) is 0.759. The molecule has 1 aliphatic rings. The van der Waals surface area contributed by atoms with Gasteiger partial charge in [0.25, 0.3) is 0 Å². The number of sulfonamides is 1. The topological polar surface area (TPSA) is 58.2 Å². The largest absolute Gasteiger partial charge is 0.313 e. The summed E-state index contributed by atoms with van der Waals surface area (Å²) >= 11 is 0. The summed E-state index contributed by atoms with van der Waals surface area (Å²) in [5.41, 5.74) is 0.347. The minimum Gasteiger partial charge on any atom is -0.313 e. The molecule has 6 heteroatoms. The Balaban J connectivity index is 2.12. The first kappa shape index (κ1) is 15.4. The third-order valence-corrected chi connectivity index (χ3v) is 5.09. The van der Waals surface area contributed by atoms with Crippen molar-refractivity contribution in [2.24, 2.45) is 0 Å². The number of hydrogen-bond donors (Lipinski definition) is 2. The van der Waals surface area contributed by atoms with E-state index in [1.807, 2.05) is 13.8 Å². The third-order valence-electron chi connectivity index (χ3n) is 3.42. The highest BCUT2D eigenvalue weighted by Gasteiger charge is 2.41. The monoisotopic (exact) mass is 300 g/mol. The van der Waals surface area contributed by atoms with E-state index in [0.29, 0.717) is 6.54 Å². The second-order valence-corrected chi connectivity index (χ2v) is 7.26. The summed E-state index contributed by atoms with van der Waals surface area (Å²) in [6, 6.07) is 4.27. The lowest BCUT2D eigenvalue weighted by atomic mass is 10.2. The van der Waals surface area contributed by atoms with Gasteiger partial charge >= 0.3 is 0 Å². The Morgan fingerprint density at radius 3 is 2.60 bits per heavy atom. The van der Waals surface area contributed by atoms with E-state index in [9.17, 15) is 12.8 Å². The van der Waals surface area contributed by atoms with Crippen LogP contribution in [0.15, 0.2) is 23.1 Å². The molecule has 4 nitrogen and oxygen atoms in total. The maximum absolute atomic E-state index is 14.0. The third kappa shape index (κ3) is 3.77. The Hall–Kier alpha value is -0.980. The molecule has 0 aliphatic heterocycles. The van der Waals surface area contributed by atoms with E-state index in [0.717, 1.165) is 31.4 Å². The lowest BCUT2D eigenvalue weighted by Gasteiger charge is -2.13. The van der Waals surface area contributed by atoms with E-state index in [4.69, 9.17) is 0 Å². The summed E-state index contributed by atoms with van der Waals surface area (Å²) in [6.45, 7) is 5.26. The molecule has 0 bridgehead atoms. The lowest BCUT2D eigenvalue weighted by molar-refractivity contribution is 0.539. The molecule has 0 heterocycles. The average molecular weight is 300 g/mol. The van der Waals surface area contributed by atoms with Crippen LogP contribution >= 0.6 is 0 Å². The van der Waals surface area contributed by atoms with E-state index in [2.05, 4.69) is 10.0 Å². The van der Waals surface area contributed by atoms with Crippen molar-refractivity contribution >= 4 is 10.0 Å². The first-order valence-corrected chi connectivity index (χ1v) is 8.38. The van der Waals surface area contributed by atoms with E-state index in [1.54, 1.807) is 6.07 Å². The number of rotatable bonds is 7. The Morgan fingerprint density at radius 1 is 1.35 bits per heavy atom. The first-order valence-electron chi connectivity index (χ1n) is 6.89. The van der Waals surface area contributed by atoms with Crippen molar-refractivity contribution in [3.8, 4) is 0 Å². The zero-order chi connectivity index (χ0) is 14.8. The molecular weight excluding hydrogens is 279 g/mol. The van der Waals surface area contributed by atoms with Gasteiger partial charge in [0.15, 0.2) is 0 Å². The highest BCUT2D eigenvalue weighted by molar-refractivity contribution is 7.89. The highest BCUT2D eigenvalue weighted by Crippen LogP contribution is 2.36. The van der Waals surface area contributed by atoms with Crippen molar-refractivity contribution in [3.63, 3.8) is 0 Å². The van der Waals surface area contributed by atoms with Gasteiger partial charge in [-0.15, -0.1) is 0 Å². The molecule has 0 atom stereocenters. The summed E-state index contributed by atoms with van der Waals surface area (Å²) in [6.07, 6.45) is 2.59. The molecule has 0 unspecified atom stereocenters. The van der Waals surface area contributed by atoms with Crippen LogP contribution in [0.2, 0.25) is 0 Å². The fraction of sp³-hybridized carbons (Fsp3) is 0.571. The molecule has 0 spiro atoms. The maximum atomic E-state index is 14.0. The van der Waals surface area contributed by atoms with Gasteiger partial charge in [0.1, 0.15) is 10.7 Å². The molecule has 2 N–H and O–H groups in total. The molecule has 0 radical (unpaired) electrons. The van der Waals surface area contributed by atoms with Crippen molar-refractivity contribution in [1.29, 1.82) is 0 Å². The van der Waals surface area contributed by atoms with Crippen LogP contribution in [0.5, 0.6) is 0 Å². The van der Waals surface area contributed by atoms with E-state index < -0.39 is 21.4 Å². The molecule has 1 fully saturated rings.